The lowest BCUT2D eigenvalue weighted by Gasteiger charge is -2.06. The van der Waals surface area contributed by atoms with E-state index in [1.165, 1.54) is 6.07 Å². The van der Waals surface area contributed by atoms with Crippen LogP contribution >= 0.6 is 0 Å². The smallest absolute Gasteiger partial charge is 0.126 e. The largest absolute Gasteiger partial charge is 0.207 e. The Morgan fingerprint density at radius 2 is 2.17 bits per heavy atom. The van der Waals surface area contributed by atoms with Gasteiger partial charge in [0, 0.05) is 5.92 Å². The van der Waals surface area contributed by atoms with E-state index in [0.29, 0.717) is 5.56 Å². The molecule has 1 heteroatoms. The van der Waals surface area contributed by atoms with Crippen LogP contribution < -0.4 is 0 Å². The molecule has 1 rings (SSSR count). The van der Waals surface area contributed by atoms with E-state index in [1.807, 2.05) is 0 Å². The second-order valence-electron chi connectivity index (χ2n) is 2.85. The number of aryl methyl sites for hydroxylation is 1. The Labute approximate surface area is 72.7 Å². The van der Waals surface area contributed by atoms with Crippen LogP contribution in [0.15, 0.2) is 30.9 Å². The molecule has 1 aromatic carbocycles. The fourth-order valence-corrected chi connectivity index (χ4v) is 1.03. The highest BCUT2D eigenvalue weighted by atomic mass is 19.1. The maximum atomic E-state index is 12.8. The first-order valence-corrected chi connectivity index (χ1v) is 3.87. The van der Waals surface area contributed by atoms with E-state index >= 15 is 0 Å². The lowest BCUT2D eigenvalue weighted by molar-refractivity contribution is 0.617. The van der Waals surface area contributed by atoms with Gasteiger partial charge in [-0.05, 0) is 31.0 Å². The predicted octanol–water partition coefficient (Wildman–Crippen LogP) is 3.24. The van der Waals surface area contributed by atoms with Crippen molar-refractivity contribution in [2.45, 2.75) is 12.8 Å². The summed E-state index contributed by atoms with van der Waals surface area (Å²) in [5.74, 6) is -0.126. The summed E-state index contributed by atoms with van der Waals surface area (Å²) in [4.78, 5) is 0. The average molecular weight is 163 g/mol. The van der Waals surface area contributed by atoms with Gasteiger partial charge in [-0.3, -0.25) is 0 Å². The van der Waals surface area contributed by atoms with Crippen LogP contribution in [-0.4, -0.2) is 0 Å². The third kappa shape index (κ3) is 1.73. The summed E-state index contributed by atoms with van der Waals surface area (Å²) in [7, 11) is 0. The molecule has 0 saturated heterocycles. The van der Waals surface area contributed by atoms with E-state index in [0.717, 1.165) is 5.56 Å². The zero-order chi connectivity index (χ0) is 9.14. The molecule has 63 valence electrons. The number of hydrogen-bond acceptors (Lipinski definition) is 0. The summed E-state index contributed by atoms with van der Waals surface area (Å²) < 4.78 is 12.8. The molecule has 1 radical (unpaired) electrons. The number of benzene rings is 1. The average Bonchev–Trinajstić information content (AvgIpc) is 2.08. The summed E-state index contributed by atoms with van der Waals surface area (Å²) in [6.07, 6.45) is 1.74. The maximum absolute atomic E-state index is 12.8. The van der Waals surface area contributed by atoms with Crippen LogP contribution in [-0.2, 0) is 0 Å². The molecule has 0 amide bonds. The zero-order valence-corrected chi connectivity index (χ0v) is 7.18. The van der Waals surface area contributed by atoms with Gasteiger partial charge in [0.2, 0.25) is 0 Å². The number of halogens is 1. The molecule has 1 unspecified atom stereocenters. The van der Waals surface area contributed by atoms with Crippen molar-refractivity contribution in [1.82, 2.24) is 0 Å². The van der Waals surface area contributed by atoms with Crippen molar-refractivity contribution in [3.8, 4) is 0 Å². The first-order valence-electron chi connectivity index (χ1n) is 3.87. The molecule has 12 heavy (non-hydrogen) atoms. The van der Waals surface area contributed by atoms with Crippen molar-refractivity contribution in [2.75, 3.05) is 0 Å². The highest BCUT2D eigenvalue weighted by Crippen LogP contribution is 2.18. The van der Waals surface area contributed by atoms with Crippen LogP contribution in [0.2, 0.25) is 0 Å². The van der Waals surface area contributed by atoms with Crippen LogP contribution in [0.3, 0.4) is 0 Å². The van der Waals surface area contributed by atoms with Crippen molar-refractivity contribution in [3.63, 3.8) is 0 Å². The van der Waals surface area contributed by atoms with Gasteiger partial charge in [0.15, 0.2) is 0 Å². The SMILES string of the molecule is [CH2]C(C=C)c1ccc(F)c(C)c1. The molecule has 0 fully saturated rings. The Bertz CT molecular complexity index is 289. The minimum absolute atomic E-state index is 0.0456. The van der Waals surface area contributed by atoms with Crippen molar-refractivity contribution < 1.29 is 4.39 Å². The van der Waals surface area contributed by atoms with Crippen LogP contribution in [0, 0.1) is 19.7 Å². The van der Waals surface area contributed by atoms with E-state index in [9.17, 15) is 4.39 Å². The van der Waals surface area contributed by atoms with Gasteiger partial charge in [0.25, 0.3) is 0 Å². The number of rotatable bonds is 2. The number of hydrogen-bond donors (Lipinski definition) is 0. The minimum Gasteiger partial charge on any atom is -0.207 e. The van der Waals surface area contributed by atoms with Gasteiger partial charge < -0.3 is 0 Å². The van der Waals surface area contributed by atoms with E-state index in [4.69, 9.17) is 0 Å². The Morgan fingerprint density at radius 1 is 1.50 bits per heavy atom. The number of allylic oxidation sites excluding steroid dienone is 1. The Hall–Kier alpha value is -1.11. The second-order valence-corrected chi connectivity index (χ2v) is 2.85. The van der Waals surface area contributed by atoms with Crippen molar-refractivity contribution in [2.24, 2.45) is 0 Å². The van der Waals surface area contributed by atoms with Gasteiger partial charge in [-0.1, -0.05) is 18.2 Å². The van der Waals surface area contributed by atoms with E-state index < -0.39 is 0 Å². The standard InChI is InChI=1S/C11H12F/c1-4-8(2)10-5-6-11(12)9(3)7-10/h4-8H,1-2H2,3H3. The summed E-state index contributed by atoms with van der Waals surface area (Å²) in [6.45, 7) is 9.23. The fourth-order valence-electron chi connectivity index (χ4n) is 1.03. The molecule has 0 aliphatic carbocycles. The molecule has 0 bridgehead atoms. The molecule has 1 atom stereocenters. The van der Waals surface area contributed by atoms with E-state index in [2.05, 4.69) is 13.5 Å². The molecule has 0 spiro atoms. The summed E-state index contributed by atoms with van der Waals surface area (Å²) in [5, 5.41) is 0. The third-order valence-corrected chi connectivity index (χ3v) is 1.89. The van der Waals surface area contributed by atoms with Crippen molar-refractivity contribution >= 4 is 0 Å². The molecular formula is C11H12F. The molecule has 0 heterocycles. The molecule has 0 aromatic heterocycles. The third-order valence-electron chi connectivity index (χ3n) is 1.89. The lowest BCUT2D eigenvalue weighted by atomic mass is 9.99. The van der Waals surface area contributed by atoms with E-state index in [-0.39, 0.29) is 11.7 Å². The summed E-state index contributed by atoms with van der Waals surface area (Å²) in [6, 6.07) is 5.00. The van der Waals surface area contributed by atoms with Crippen molar-refractivity contribution in [1.29, 1.82) is 0 Å². The van der Waals surface area contributed by atoms with Crippen LogP contribution in [0.5, 0.6) is 0 Å². The molecule has 0 aliphatic heterocycles. The molecule has 0 saturated carbocycles. The predicted molar refractivity (Wildman–Crippen MR) is 49.4 cm³/mol. The lowest BCUT2D eigenvalue weighted by Crippen LogP contribution is -1.91. The van der Waals surface area contributed by atoms with Crippen molar-refractivity contribution in [3.05, 3.63) is 54.7 Å². The molecular weight excluding hydrogens is 151 g/mol. The first-order chi connectivity index (χ1) is 5.65. The maximum Gasteiger partial charge on any atom is 0.126 e. The van der Waals surface area contributed by atoms with Crippen LogP contribution in [0.1, 0.15) is 17.0 Å². The van der Waals surface area contributed by atoms with Gasteiger partial charge in [-0.25, -0.2) is 4.39 Å². The molecule has 0 aliphatic rings. The van der Waals surface area contributed by atoms with Gasteiger partial charge in [-0.2, -0.15) is 0 Å². The molecule has 0 N–H and O–H groups in total. The first kappa shape index (κ1) is 8.98. The molecule has 1 aromatic rings. The molecule has 0 nitrogen and oxygen atoms in total. The van der Waals surface area contributed by atoms with E-state index in [1.54, 1.807) is 25.1 Å². The summed E-state index contributed by atoms with van der Waals surface area (Å²) in [5.41, 5.74) is 1.66. The van der Waals surface area contributed by atoms with Gasteiger partial charge in [0.1, 0.15) is 5.82 Å². The van der Waals surface area contributed by atoms with Crippen LogP contribution in [0.4, 0.5) is 4.39 Å². The minimum atomic E-state index is -0.171. The quantitative estimate of drug-likeness (QED) is 0.587. The fraction of sp³-hybridized carbons (Fsp3) is 0.182. The van der Waals surface area contributed by atoms with Gasteiger partial charge >= 0.3 is 0 Å². The van der Waals surface area contributed by atoms with Gasteiger partial charge in [-0.15, -0.1) is 6.58 Å². The topological polar surface area (TPSA) is 0 Å². The van der Waals surface area contributed by atoms with Gasteiger partial charge in [0.05, 0.1) is 0 Å². The normalized spacial score (nSPS) is 12.6. The Kier molecular flexibility index (Phi) is 2.64. The Balaban J connectivity index is 3.04. The zero-order valence-electron chi connectivity index (χ0n) is 7.18. The van der Waals surface area contributed by atoms with Crippen LogP contribution in [0.25, 0.3) is 0 Å². The monoisotopic (exact) mass is 163 g/mol. The second kappa shape index (κ2) is 3.53. The summed E-state index contributed by atoms with van der Waals surface area (Å²) >= 11 is 0. The highest BCUT2D eigenvalue weighted by Gasteiger charge is 2.02. The highest BCUT2D eigenvalue weighted by molar-refractivity contribution is 5.29. The Morgan fingerprint density at radius 3 is 2.67 bits per heavy atom.